The lowest BCUT2D eigenvalue weighted by atomic mass is 10.1. The van der Waals surface area contributed by atoms with Crippen LogP contribution in [0, 0.1) is 0 Å². The maximum Gasteiger partial charge on any atom is 0.137 e. The molecule has 2 heterocycles. The summed E-state index contributed by atoms with van der Waals surface area (Å²) in [5.74, 6) is 0.687. The zero-order chi connectivity index (χ0) is 10.7. The van der Waals surface area contributed by atoms with Crippen molar-refractivity contribution >= 4 is 0 Å². The lowest BCUT2D eigenvalue weighted by molar-refractivity contribution is 0.165. The van der Waals surface area contributed by atoms with Crippen LogP contribution in [0.1, 0.15) is 17.5 Å². The summed E-state index contributed by atoms with van der Waals surface area (Å²) in [6.45, 7) is 0. The van der Waals surface area contributed by atoms with Crippen molar-refractivity contribution in [2.75, 3.05) is 0 Å². The highest BCUT2D eigenvalue weighted by atomic mass is 16.3. The molecule has 0 fully saturated rings. The lowest BCUT2D eigenvalue weighted by Crippen LogP contribution is -2.08. The fraction of sp³-hybridized carbons (Fsp3) is 0.273. The van der Waals surface area contributed by atoms with E-state index in [2.05, 4.69) is 9.97 Å². The molecule has 1 N–H and O–H groups in total. The highest BCUT2D eigenvalue weighted by Gasteiger charge is 2.12. The third kappa shape index (κ3) is 2.22. The van der Waals surface area contributed by atoms with Crippen molar-refractivity contribution in [2.45, 2.75) is 12.5 Å². The van der Waals surface area contributed by atoms with Gasteiger partial charge in [-0.05, 0) is 17.7 Å². The SMILES string of the molecule is Cn1ccnc1C(O)Cc1ccncc1. The summed E-state index contributed by atoms with van der Waals surface area (Å²) in [6.07, 6.45) is 6.96. The Bertz CT molecular complexity index is 424. The number of rotatable bonds is 3. The van der Waals surface area contributed by atoms with Crippen molar-refractivity contribution < 1.29 is 5.11 Å². The molecule has 0 radical (unpaired) electrons. The van der Waals surface area contributed by atoms with E-state index in [0.29, 0.717) is 12.2 Å². The molecule has 1 unspecified atom stereocenters. The smallest absolute Gasteiger partial charge is 0.137 e. The van der Waals surface area contributed by atoms with E-state index in [4.69, 9.17) is 0 Å². The molecule has 0 spiro atoms. The summed E-state index contributed by atoms with van der Waals surface area (Å²) in [7, 11) is 1.87. The van der Waals surface area contributed by atoms with Crippen molar-refractivity contribution in [3.63, 3.8) is 0 Å². The van der Waals surface area contributed by atoms with Gasteiger partial charge in [0, 0.05) is 38.3 Å². The maximum absolute atomic E-state index is 9.94. The molecule has 2 rings (SSSR count). The Labute approximate surface area is 88.2 Å². The van der Waals surface area contributed by atoms with Crippen LogP contribution in [0.5, 0.6) is 0 Å². The number of aliphatic hydroxyl groups is 1. The van der Waals surface area contributed by atoms with Crippen molar-refractivity contribution in [2.24, 2.45) is 7.05 Å². The molecule has 4 nitrogen and oxygen atoms in total. The second kappa shape index (κ2) is 4.23. The molecular formula is C11H13N3O. The van der Waals surface area contributed by atoms with Gasteiger partial charge in [0.25, 0.3) is 0 Å². The third-order valence-corrected chi connectivity index (χ3v) is 2.33. The van der Waals surface area contributed by atoms with Crippen LogP contribution < -0.4 is 0 Å². The van der Waals surface area contributed by atoms with Gasteiger partial charge in [0.05, 0.1) is 0 Å². The summed E-state index contributed by atoms with van der Waals surface area (Å²) >= 11 is 0. The number of imidazole rings is 1. The molecule has 1 atom stereocenters. The first-order chi connectivity index (χ1) is 7.27. The quantitative estimate of drug-likeness (QED) is 0.812. The van der Waals surface area contributed by atoms with Gasteiger partial charge in [0.15, 0.2) is 0 Å². The molecule has 4 heteroatoms. The minimum absolute atomic E-state index is 0.563. The predicted molar refractivity (Wildman–Crippen MR) is 56.1 cm³/mol. The van der Waals surface area contributed by atoms with Crippen LogP contribution in [0.2, 0.25) is 0 Å². The first-order valence-corrected chi connectivity index (χ1v) is 4.81. The van der Waals surface area contributed by atoms with Gasteiger partial charge in [-0.25, -0.2) is 4.98 Å². The summed E-state index contributed by atoms with van der Waals surface area (Å²) in [5.41, 5.74) is 1.06. The minimum atomic E-state index is -0.563. The molecule has 0 aliphatic rings. The number of nitrogens with zero attached hydrogens (tertiary/aromatic N) is 3. The van der Waals surface area contributed by atoms with Gasteiger partial charge < -0.3 is 9.67 Å². The fourth-order valence-electron chi connectivity index (χ4n) is 1.53. The van der Waals surface area contributed by atoms with E-state index in [1.165, 1.54) is 0 Å². The van der Waals surface area contributed by atoms with Gasteiger partial charge in [-0.15, -0.1) is 0 Å². The largest absolute Gasteiger partial charge is 0.385 e. The molecular weight excluding hydrogens is 190 g/mol. The summed E-state index contributed by atoms with van der Waals surface area (Å²) < 4.78 is 1.83. The molecule has 0 aliphatic carbocycles. The summed E-state index contributed by atoms with van der Waals surface area (Å²) in [4.78, 5) is 8.04. The topological polar surface area (TPSA) is 50.9 Å². The highest BCUT2D eigenvalue weighted by Crippen LogP contribution is 2.15. The molecule has 0 aliphatic heterocycles. The van der Waals surface area contributed by atoms with Crippen molar-refractivity contribution in [1.29, 1.82) is 0 Å². The first-order valence-electron chi connectivity index (χ1n) is 4.81. The number of aryl methyl sites for hydroxylation is 1. The van der Waals surface area contributed by atoms with Crippen molar-refractivity contribution in [3.8, 4) is 0 Å². The van der Waals surface area contributed by atoms with Crippen LogP contribution in [0.15, 0.2) is 36.9 Å². The zero-order valence-corrected chi connectivity index (χ0v) is 8.54. The standard InChI is InChI=1S/C11H13N3O/c1-14-7-6-13-11(14)10(15)8-9-2-4-12-5-3-9/h2-7,10,15H,8H2,1H3. The van der Waals surface area contributed by atoms with E-state index in [0.717, 1.165) is 5.56 Å². The predicted octanol–water partition coefficient (Wildman–Crippen LogP) is 1.09. The van der Waals surface area contributed by atoms with E-state index in [-0.39, 0.29) is 0 Å². The minimum Gasteiger partial charge on any atom is -0.385 e. The normalized spacial score (nSPS) is 12.7. The Balaban J connectivity index is 2.11. The van der Waals surface area contributed by atoms with E-state index in [1.54, 1.807) is 18.6 Å². The number of hydrogen-bond acceptors (Lipinski definition) is 3. The van der Waals surface area contributed by atoms with E-state index < -0.39 is 6.10 Å². The number of aromatic nitrogens is 3. The summed E-state index contributed by atoms with van der Waals surface area (Å²) in [6, 6.07) is 3.79. The first kappa shape index (κ1) is 9.86. The average Bonchev–Trinajstić information content (AvgIpc) is 2.66. The second-order valence-electron chi connectivity index (χ2n) is 3.47. The maximum atomic E-state index is 9.94. The van der Waals surface area contributed by atoms with Crippen molar-refractivity contribution in [1.82, 2.24) is 14.5 Å². The van der Waals surface area contributed by atoms with Crippen LogP contribution in [-0.4, -0.2) is 19.6 Å². The molecule has 0 saturated carbocycles. The van der Waals surface area contributed by atoms with Gasteiger partial charge in [-0.1, -0.05) is 0 Å². The number of aliphatic hydroxyl groups excluding tert-OH is 1. The Morgan fingerprint density at radius 1 is 1.33 bits per heavy atom. The van der Waals surface area contributed by atoms with E-state index in [1.807, 2.05) is 29.9 Å². The monoisotopic (exact) mass is 203 g/mol. The molecule has 15 heavy (non-hydrogen) atoms. The molecule has 0 saturated heterocycles. The number of hydrogen-bond donors (Lipinski definition) is 1. The Morgan fingerprint density at radius 3 is 2.67 bits per heavy atom. The highest BCUT2D eigenvalue weighted by molar-refractivity contribution is 5.12. The van der Waals surface area contributed by atoms with Gasteiger partial charge >= 0.3 is 0 Å². The average molecular weight is 203 g/mol. The van der Waals surface area contributed by atoms with E-state index in [9.17, 15) is 5.11 Å². The van der Waals surface area contributed by atoms with Crippen LogP contribution in [0.25, 0.3) is 0 Å². The Kier molecular flexibility index (Phi) is 2.78. The Morgan fingerprint density at radius 2 is 2.07 bits per heavy atom. The van der Waals surface area contributed by atoms with Crippen LogP contribution in [0.3, 0.4) is 0 Å². The molecule has 2 aromatic heterocycles. The molecule has 0 bridgehead atoms. The van der Waals surface area contributed by atoms with Crippen LogP contribution in [0.4, 0.5) is 0 Å². The van der Waals surface area contributed by atoms with Gasteiger partial charge in [0.1, 0.15) is 11.9 Å². The zero-order valence-electron chi connectivity index (χ0n) is 8.54. The Hall–Kier alpha value is -1.68. The van der Waals surface area contributed by atoms with Gasteiger partial charge in [0.2, 0.25) is 0 Å². The number of pyridine rings is 1. The molecule has 0 amide bonds. The second-order valence-corrected chi connectivity index (χ2v) is 3.47. The molecule has 78 valence electrons. The third-order valence-electron chi connectivity index (χ3n) is 2.33. The lowest BCUT2D eigenvalue weighted by Gasteiger charge is -2.10. The molecule has 2 aromatic rings. The van der Waals surface area contributed by atoms with Gasteiger partial charge in [-0.3, -0.25) is 4.98 Å². The van der Waals surface area contributed by atoms with Gasteiger partial charge in [-0.2, -0.15) is 0 Å². The van der Waals surface area contributed by atoms with Crippen molar-refractivity contribution in [3.05, 3.63) is 48.3 Å². The summed E-state index contributed by atoms with van der Waals surface area (Å²) in [5, 5.41) is 9.94. The van der Waals surface area contributed by atoms with E-state index >= 15 is 0 Å². The fourth-order valence-corrected chi connectivity index (χ4v) is 1.53. The van der Waals surface area contributed by atoms with Crippen LogP contribution in [-0.2, 0) is 13.5 Å². The molecule has 0 aromatic carbocycles. The van der Waals surface area contributed by atoms with Crippen LogP contribution >= 0.6 is 0 Å².